The summed E-state index contributed by atoms with van der Waals surface area (Å²) in [6, 6.07) is 57.5. The predicted molar refractivity (Wildman–Crippen MR) is 223 cm³/mol. The van der Waals surface area contributed by atoms with Crippen LogP contribution in [-0.4, -0.2) is 19.9 Å². The number of rotatable bonds is 4. The molecule has 0 fully saturated rings. The zero-order chi connectivity index (χ0) is 36.7. The first-order valence-corrected chi connectivity index (χ1v) is 18.8. The van der Waals surface area contributed by atoms with E-state index in [4.69, 9.17) is 15.0 Å². The topological polar surface area (TPSA) is 51.6 Å². The maximum atomic E-state index is 5.12. The third kappa shape index (κ3) is 4.64. The van der Waals surface area contributed by atoms with Gasteiger partial charge < -0.3 is 0 Å². The fraction of sp³-hybridized carbons (Fsp3) is 0.0588. The van der Waals surface area contributed by atoms with E-state index in [1.165, 1.54) is 72.3 Å². The van der Waals surface area contributed by atoms with E-state index in [-0.39, 0.29) is 0 Å². The summed E-state index contributed by atoms with van der Waals surface area (Å²) in [5, 5.41) is 2.29. The molecule has 0 aliphatic heterocycles. The van der Waals surface area contributed by atoms with Crippen LogP contribution in [0.15, 0.2) is 170 Å². The summed E-state index contributed by atoms with van der Waals surface area (Å²) in [7, 11) is 0. The molecule has 1 atom stereocenters. The van der Waals surface area contributed by atoms with E-state index in [9.17, 15) is 0 Å². The average molecular weight is 703 g/mol. The van der Waals surface area contributed by atoms with Gasteiger partial charge in [0.05, 0.1) is 5.41 Å². The Bertz CT molecular complexity index is 3010. The van der Waals surface area contributed by atoms with Gasteiger partial charge in [0.1, 0.15) is 5.82 Å². The molecule has 0 radical (unpaired) electrons. The molecule has 0 bridgehead atoms. The fourth-order valence-electron chi connectivity index (χ4n) is 9.25. The average Bonchev–Trinajstić information content (AvgIpc) is 3.70. The van der Waals surface area contributed by atoms with Crippen molar-refractivity contribution in [2.45, 2.75) is 19.3 Å². The highest BCUT2D eigenvalue weighted by Gasteiger charge is 2.51. The Morgan fingerprint density at radius 2 is 1.02 bits per heavy atom. The number of hydrogen-bond acceptors (Lipinski definition) is 4. The van der Waals surface area contributed by atoms with Gasteiger partial charge in [0.25, 0.3) is 0 Å². The van der Waals surface area contributed by atoms with Crippen molar-refractivity contribution in [1.29, 1.82) is 0 Å². The zero-order valence-electron chi connectivity index (χ0n) is 30.5. The summed E-state index contributed by atoms with van der Waals surface area (Å²) in [6.45, 7) is 4.07. The largest absolute Gasteiger partial charge is 0.264 e. The number of aryl methyl sites for hydroxylation is 2. The van der Waals surface area contributed by atoms with Crippen LogP contribution in [0.2, 0.25) is 0 Å². The molecule has 0 saturated heterocycles. The molecule has 0 saturated carbocycles. The van der Waals surface area contributed by atoms with Gasteiger partial charge >= 0.3 is 0 Å². The van der Waals surface area contributed by atoms with Crippen LogP contribution in [0.5, 0.6) is 0 Å². The van der Waals surface area contributed by atoms with Crippen molar-refractivity contribution in [2.75, 3.05) is 0 Å². The third-order valence-electron chi connectivity index (χ3n) is 11.7. The molecule has 2 aliphatic rings. The summed E-state index contributed by atoms with van der Waals surface area (Å²) in [5.41, 5.74) is 17.7. The lowest BCUT2D eigenvalue weighted by Crippen LogP contribution is -2.25. The highest BCUT2D eigenvalue weighted by atomic mass is 15.0. The van der Waals surface area contributed by atoms with Crippen LogP contribution in [0.25, 0.3) is 78.1 Å². The first-order valence-electron chi connectivity index (χ1n) is 18.8. The quantitative estimate of drug-likeness (QED) is 0.183. The van der Waals surface area contributed by atoms with E-state index in [0.29, 0.717) is 17.5 Å². The first-order chi connectivity index (χ1) is 27.1. The second-order valence-corrected chi connectivity index (χ2v) is 14.7. The van der Waals surface area contributed by atoms with Crippen LogP contribution in [-0.2, 0) is 5.41 Å². The van der Waals surface area contributed by atoms with Crippen molar-refractivity contribution in [3.63, 3.8) is 0 Å². The van der Waals surface area contributed by atoms with Crippen molar-refractivity contribution >= 4 is 10.8 Å². The molecule has 2 heterocycles. The minimum atomic E-state index is -0.469. The van der Waals surface area contributed by atoms with Crippen molar-refractivity contribution in [3.05, 3.63) is 204 Å². The lowest BCUT2D eigenvalue weighted by atomic mass is 9.70. The summed E-state index contributed by atoms with van der Waals surface area (Å²) in [5.74, 6) is 2.06. The van der Waals surface area contributed by atoms with E-state index < -0.39 is 5.41 Å². The van der Waals surface area contributed by atoms with Gasteiger partial charge in [0, 0.05) is 23.5 Å². The van der Waals surface area contributed by atoms with Gasteiger partial charge in [-0.2, -0.15) is 0 Å². The van der Waals surface area contributed by atoms with Crippen molar-refractivity contribution in [2.24, 2.45) is 0 Å². The molecule has 1 spiro atoms. The number of pyridine rings is 1. The van der Waals surface area contributed by atoms with Crippen molar-refractivity contribution in [1.82, 2.24) is 19.9 Å². The van der Waals surface area contributed by atoms with E-state index in [0.717, 1.165) is 21.9 Å². The summed E-state index contributed by atoms with van der Waals surface area (Å²) in [4.78, 5) is 19.1. The first kappa shape index (κ1) is 31.5. The normalized spacial score (nSPS) is 14.8. The highest BCUT2D eigenvalue weighted by molar-refractivity contribution is 5.97. The SMILES string of the molecule is Cc1nc(-c2ccc3c(c2)-c2ccccc2C32c3ccccc3-c3ccc(-c4ccc(-c5ccncc5C)cc4)cc32)nc(-c2cccc3ccccc23)n1. The number of aromatic nitrogens is 4. The minimum absolute atomic E-state index is 0.469. The molecule has 7 aromatic carbocycles. The van der Waals surface area contributed by atoms with Gasteiger partial charge in [-0.05, 0) is 115 Å². The maximum absolute atomic E-state index is 5.12. The lowest BCUT2D eigenvalue weighted by molar-refractivity contribution is 0.794. The number of benzene rings is 7. The summed E-state index contributed by atoms with van der Waals surface area (Å²) in [6.07, 6.45) is 3.79. The Balaban J connectivity index is 1.08. The molecule has 11 rings (SSSR count). The van der Waals surface area contributed by atoms with Gasteiger partial charge in [0.2, 0.25) is 0 Å². The minimum Gasteiger partial charge on any atom is -0.264 e. The Hall–Kier alpha value is -7.04. The molecule has 9 aromatic rings. The van der Waals surface area contributed by atoms with Gasteiger partial charge in [-0.1, -0.05) is 140 Å². The Kier molecular flexibility index (Phi) is 6.86. The van der Waals surface area contributed by atoms with Crippen LogP contribution in [0, 0.1) is 13.8 Å². The molecule has 2 aliphatic carbocycles. The Morgan fingerprint density at radius 1 is 0.400 bits per heavy atom. The van der Waals surface area contributed by atoms with Crippen LogP contribution in [0.1, 0.15) is 33.6 Å². The standard InChI is InChI=1S/C51H34N4/c1-31-30-52-27-26-38(31)35-20-18-33(19-21-35)36-22-24-42-40-13-5-7-16-45(40)51(48(42)29-36)46-17-8-6-14-41(46)44-28-37(23-25-47(44)51)49-53-32(2)54-50(55-49)43-15-9-11-34-10-3-4-12-39(34)43/h3-30H,1-2H3. The Labute approximate surface area is 319 Å². The molecule has 1 unspecified atom stereocenters. The smallest absolute Gasteiger partial charge is 0.164 e. The van der Waals surface area contributed by atoms with Crippen molar-refractivity contribution < 1.29 is 0 Å². The zero-order valence-corrected chi connectivity index (χ0v) is 30.5. The molecule has 4 heteroatoms. The fourth-order valence-corrected chi connectivity index (χ4v) is 9.25. The highest BCUT2D eigenvalue weighted by Crippen LogP contribution is 2.63. The molecular formula is C51H34N4. The predicted octanol–water partition coefficient (Wildman–Crippen LogP) is 12.0. The van der Waals surface area contributed by atoms with Crippen LogP contribution >= 0.6 is 0 Å². The molecule has 258 valence electrons. The number of nitrogens with zero attached hydrogens (tertiary/aromatic N) is 4. The number of fused-ring (bicyclic) bond motifs is 11. The number of hydrogen-bond donors (Lipinski definition) is 0. The van der Waals surface area contributed by atoms with Crippen LogP contribution < -0.4 is 0 Å². The van der Waals surface area contributed by atoms with E-state index >= 15 is 0 Å². The third-order valence-corrected chi connectivity index (χ3v) is 11.7. The van der Waals surface area contributed by atoms with E-state index in [2.05, 4.69) is 170 Å². The van der Waals surface area contributed by atoms with Gasteiger partial charge in [-0.3, -0.25) is 4.98 Å². The lowest BCUT2D eigenvalue weighted by Gasteiger charge is -2.30. The van der Waals surface area contributed by atoms with Crippen LogP contribution in [0.4, 0.5) is 0 Å². The maximum Gasteiger partial charge on any atom is 0.164 e. The van der Waals surface area contributed by atoms with Crippen LogP contribution in [0.3, 0.4) is 0 Å². The van der Waals surface area contributed by atoms with E-state index in [1.807, 2.05) is 19.3 Å². The molecule has 0 amide bonds. The van der Waals surface area contributed by atoms with Gasteiger partial charge in [-0.15, -0.1) is 0 Å². The monoisotopic (exact) mass is 702 g/mol. The second kappa shape index (κ2) is 12.0. The van der Waals surface area contributed by atoms with Crippen molar-refractivity contribution in [3.8, 4) is 67.3 Å². The summed E-state index contributed by atoms with van der Waals surface area (Å²) >= 11 is 0. The Morgan fingerprint density at radius 3 is 1.84 bits per heavy atom. The van der Waals surface area contributed by atoms with Gasteiger partial charge in [0.15, 0.2) is 11.6 Å². The van der Waals surface area contributed by atoms with Gasteiger partial charge in [-0.25, -0.2) is 15.0 Å². The summed E-state index contributed by atoms with van der Waals surface area (Å²) < 4.78 is 0. The molecule has 55 heavy (non-hydrogen) atoms. The molecule has 4 nitrogen and oxygen atoms in total. The second-order valence-electron chi connectivity index (χ2n) is 14.7. The molecule has 0 N–H and O–H groups in total. The molecule has 2 aromatic heterocycles. The van der Waals surface area contributed by atoms with E-state index in [1.54, 1.807) is 0 Å². The molecular weight excluding hydrogens is 669 g/mol.